The van der Waals surface area contributed by atoms with Gasteiger partial charge in [0.25, 0.3) is 0 Å². The lowest BCUT2D eigenvalue weighted by atomic mass is 10.1. The van der Waals surface area contributed by atoms with Crippen molar-refractivity contribution < 1.29 is 9.47 Å². The molecule has 1 aliphatic heterocycles. The van der Waals surface area contributed by atoms with Crippen LogP contribution in [0.5, 0.6) is 11.5 Å². The van der Waals surface area contributed by atoms with Gasteiger partial charge in [0.2, 0.25) is 0 Å². The summed E-state index contributed by atoms with van der Waals surface area (Å²) in [6, 6.07) is 10.2. The number of aryl methyl sites for hydroxylation is 1. The molecule has 5 heteroatoms. The molecule has 0 aliphatic carbocycles. The van der Waals surface area contributed by atoms with Crippen molar-refractivity contribution in [3.63, 3.8) is 0 Å². The lowest BCUT2D eigenvalue weighted by Crippen LogP contribution is -2.15. The summed E-state index contributed by atoms with van der Waals surface area (Å²) in [4.78, 5) is 4.76. The maximum absolute atomic E-state index is 5.78. The summed E-state index contributed by atoms with van der Waals surface area (Å²) in [5.74, 6) is 1.58. The van der Waals surface area contributed by atoms with E-state index in [9.17, 15) is 0 Å². The van der Waals surface area contributed by atoms with Crippen molar-refractivity contribution in [3.05, 3.63) is 47.8 Å². The molecule has 0 amide bonds. The first-order valence-corrected chi connectivity index (χ1v) is 7.84. The van der Waals surface area contributed by atoms with Gasteiger partial charge in [-0.3, -0.25) is 4.40 Å². The van der Waals surface area contributed by atoms with Crippen LogP contribution in [0.25, 0.3) is 16.9 Å². The number of ether oxygens (including phenoxy) is 2. The summed E-state index contributed by atoms with van der Waals surface area (Å²) in [6.07, 6.45) is 2.80. The number of hydrogen-bond acceptors (Lipinski definition) is 4. The summed E-state index contributed by atoms with van der Waals surface area (Å²) < 4.78 is 13.4. The molecule has 118 valence electrons. The second-order valence-corrected chi connectivity index (χ2v) is 5.74. The minimum atomic E-state index is 0.570. The molecular weight excluding hydrogens is 290 g/mol. The van der Waals surface area contributed by atoms with Crippen molar-refractivity contribution in [3.8, 4) is 22.8 Å². The molecule has 0 bridgehead atoms. The molecule has 0 atom stereocenters. The van der Waals surface area contributed by atoms with E-state index < -0.39 is 0 Å². The smallest absolute Gasteiger partial charge is 0.162 e. The average Bonchev–Trinajstić information content (AvgIpc) is 2.91. The minimum absolute atomic E-state index is 0.570. The SMILES string of the molecule is Cc1ccn2c(-c3ccc4c(c3)OCCO4)c(CCN)nc2c1. The number of nitrogens with zero attached hydrogens (tertiary/aromatic N) is 2. The standard InChI is InChI=1S/C18H19N3O2/c1-12-5-7-21-17(10-12)20-14(4-6-19)18(21)13-2-3-15-16(11-13)23-9-8-22-15/h2-3,5,7,10-11H,4,6,8-9,19H2,1H3. The van der Waals surface area contributed by atoms with E-state index in [1.54, 1.807) is 0 Å². The van der Waals surface area contributed by atoms with Crippen LogP contribution < -0.4 is 15.2 Å². The normalized spacial score (nSPS) is 13.5. The van der Waals surface area contributed by atoms with Crippen molar-refractivity contribution in [2.45, 2.75) is 13.3 Å². The van der Waals surface area contributed by atoms with E-state index in [4.69, 9.17) is 20.2 Å². The summed E-state index contributed by atoms with van der Waals surface area (Å²) in [5.41, 5.74) is 11.1. The minimum Gasteiger partial charge on any atom is -0.486 e. The third-order valence-electron chi connectivity index (χ3n) is 4.05. The zero-order chi connectivity index (χ0) is 15.8. The quantitative estimate of drug-likeness (QED) is 0.808. The van der Waals surface area contributed by atoms with Gasteiger partial charge in [0.15, 0.2) is 11.5 Å². The molecule has 3 heterocycles. The first-order chi connectivity index (χ1) is 11.3. The molecule has 4 rings (SSSR count). The Hall–Kier alpha value is -2.53. The first-order valence-electron chi connectivity index (χ1n) is 7.84. The lowest BCUT2D eigenvalue weighted by Gasteiger charge is -2.19. The highest BCUT2D eigenvalue weighted by Gasteiger charge is 2.17. The second-order valence-electron chi connectivity index (χ2n) is 5.74. The second kappa shape index (κ2) is 5.59. The number of hydrogen-bond donors (Lipinski definition) is 1. The van der Waals surface area contributed by atoms with E-state index >= 15 is 0 Å². The van der Waals surface area contributed by atoms with Gasteiger partial charge in [0, 0.05) is 18.2 Å². The molecule has 0 unspecified atom stereocenters. The molecule has 2 N–H and O–H groups in total. The van der Waals surface area contributed by atoms with Crippen LogP contribution in [0.1, 0.15) is 11.3 Å². The Morgan fingerprint density at radius 3 is 2.78 bits per heavy atom. The van der Waals surface area contributed by atoms with E-state index in [0.717, 1.165) is 40.5 Å². The Labute approximate surface area is 134 Å². The lowest BCUT2D eigenvalue weighted by molar-refractivity contribution is 0.171. The number of pyridine rings is 1. The molecule has 1 aromatic carbocycles. The highest BCUT2D eigenvalue weighted by Crippen LogP contribution is 2.36. The Morgan fingerprint density at radius 1 is 1.13 bits per heavy atom. The summed E-state index contributed by atoms with van der Waals surface area (Å²) >= 11 is 0. The summed E-state index contributed by atoms with van der Waals surface area (Å²) in [6.45, 7) is 3.82. The van der Waals surface area contributed by atoms with Crippen LogP contribution in [0, 0.1) is 6.92 Å². The van der Waals surface area contributed by atoms with Gasteiger partial charge in [-0.2, -0.15) is 0 Å². The average molecular weight is 309 g/mol. The molecule has 3 aromatic rings. The van der Waals surface area contributed by atoms with Crippen LogP contribution in [0.4, 0.5) is 0 Å². The molecule has 0 saturated heterocycles. The monoisotopic (exact) mass is 309 g/mol. The molecule has 1 aliphatic rings. The zero-order valence-electron chi connectivity index (χ0n) is 13.1. The van der Waals surface area contributed by atoms with Gasteiger partial charge < -0.3 is 15.2 Å². The molecule has 0 fully saturated rings. The van der Waals surface area contributed by atoms with Gasteiger partial charge in [0.05, 0.1) is 11.4 Å². The van der Waals surface area contributed by atoms with Crippen LogP contribution >= 0.6 is 0 Å². The number of nitrogens with two attached hydrogens (primary N) is 1. The van der Waals surface area contributed by atoms with Crippen LogP contribution in [-0.2, 0) is 6.42 Å². The van der Waals surface area contributed by atoms with Crippen molar-refractivity contribution >= 4 is 5.65 Å². The topological polar surface area (TPSA) is 61.8 Å². The molecule has 0 radical (unpaired) electrons. The van der Waals surface area contributed by atoms with E-state index in [1.807, 2.05) is 12.1 Å². The van der Waals surface area contributed by atoms with E-state index in [1.165, 1.54) is 5.56 Å². The predicted octanol–water partition coefficient (Wildman–Crippen LogP) is 2.58. The third kappa shape index (κ3) is 2.43. The van der Waals surface area contributed by atoms with Crippen LogP contribution in [0.15, 0.2) is 36.5 Å². The van der Waals surface area contributed by atoms with Crippen molar-refractivity contribution in [2.24, 2.45) is 5.73 Å². The first kappa shape index (κ1) is 14.1. The zero-order valence-corrected chi connectivity index (χ0v) is 13.1. The molecule has 2 aromatic heterocycles. The van der Waals surface area contributed by atoms with Gasteiger partial charge in [-0.25, -0.2) is 4.98 Å². The molecule has 23 heavy (non-hydrogen) atoms. The van der Waals surface area contributed by atoms with E-state index in [2.05, 4.69) is 35.7 Å². The molecule has 0 saturated carbocycles. The number of imidazole rings is 1. The Kier molecular flexibility index (Phi) is 3.42. The Bertz CT molecular complexity index is 870. The highest BCUT2D eigenvalue weighted by molar-refractivity contribution is 5.70. The maximum Gasteiger partial charge on any atom is 0.162 e. The summed E-state index contributed by atoms with van der Waals surface area (Å²) in [7, 11) is 0. The number of rotatable bonds is 3. The number of fused-ring (bicyclic) bond motifs is 2. The van der Waals surface area contributed by atoms with Crippen molar-refractivity contribution in [1.29, 1.82) is 0 Å². The largest absolute Gasteiger partial charge is 0.486 e. The van der Waals surface area contributed by atoms with Gasteiger partial charge >= 0.3 is 0 Å². The van der Waals surface area contributed by atoms with Crippen LogP contribution in [0.2, 0.25) is 0 Å². The fourth-order valence-corrected chi connectivity index (χ4v) is 3.00. The number of aromatic nitrogens is 2. The van der Waals surface area contributed by atoms with Crippen LogP contribution in [-0.4, -0.2) is 29.1 Å². The van der Waals surface area contributed by atoms with Gasteiger partial charge in [-0.15, -0.1) is 0 Å². The Balaban J connectivity index is 1.91. The molecule has 5 nitrogen and oxygen atoms in total. The van der Waals surface area contributed by atoms with Crippen molar-refractivity contribution in [1.82, 2.24) is 9.38 Å². The van der Waals surface area contributed by atoms with Gasteiger partial charge in [0.1, 0.15) is 18.9 Å². The molecule has 0 spiro atoms. The third-order valence-corrected chi connectivity index (χ3v) is 4.05. The van der Waals surface area contributed by atoms with E-state index in [0.29, 0.717) is 19.8 Å². The fourth-order valence-electron chi connectivity index (χ4n) is 3.00. The highest BCUT2D eigenvalue weighted by atomic mass is 16.6. The molecular formula is C18H19N3O2. The fraction of sp³-hybridized carbons (Fsp3) is 0.278. The summed E-state index contributed by atoms with van der Waals surface area (Å²) in [5, 5.41) is 0. The van der Waals surface area contributed by atoms with E-state index in [-0.39, 0.29) is 0 Å². The number of benzene rings is 1. The van der Waals surface area contributed by atoms with Crippen molar-refractivity contribution in [2.75, 3.05) is 19.8 Å². The Morgan fingerprint density at radius 2 is 1.96 bits per heavy atom. The predicted molar refractivity (Wildman–Crippen MR) is 89.1 cm³/mol. The maximum atomic E-state index is 5.78. The van der Waals surface area contributed by atoms with Gasteiger partial charge in [-0.05, 0) is 49.4 Å². The van der Waals surface area contributed by atoms with Gasteiger partial charge in [-0.1, -0.05) is 0 Å². The van der Waals surface area contributed by atoms with Crippen LogP contribution in [0.3, 0.4) is 0 Å².